The molecule has 0 heterocycles. The summed E-state index contributed by atoms with van der Waals surface area (Å²) in [6.07, 6.45) is 2.59. The Labute approximate surface area is 116 Å². The number of ketones is 1. The van der Waals surface area contributed by atoms with Crippen LogP contribution in [0.3, 0.4) is 0 Å². The highest BCUT2D eigenvalue weighted by Crippen LogP contribution is 2.42. The average molecular weight is 260 g/mol. The van der Waals surface area contributed by atoms with Crippen LogP contribution in [0.25, 0.3) is 0 Å². The fourth-order valence-electron chi connectivity index (χ4n) is 2.55. The van der Waals surface area contributed by atoms with Crippen LogP contribution in [-0.2, 0) is 4.79 Å². The van der Waals surface area contributed by atoms with Gasteiger partial charge >= 0.3 is 0 Å². The summed E-state index contributed by atoms with van der Waals surface area (Å²) < 4.78 is 5.97. The number of Topliss-reactive ketones (excluding diaryl/α,β-unsaturated/α-hetero) is 1. The molecule has 0 bridgehead atoms. The molecule has 1 aromatic rings. The van der Waals surface area contributed by atoms with Crippen molar-refractivity contribution in [2.45, 2.75) is 59.0 Å². The van der Waals surface area contributed by atoms with Crippen LogP contribution < -0.4 is 4.74 Å². The summed E-state index contributed by atoms with van der Waals surface area (Å²) in [4.78, 5) is 11.7. The van der Waals surface area contributed by atoms with Gasteiger partial charge in [0.05, 0.1) is 5.41 Å². The SMILES string of the molecule is CCC(C)c1ccc(OC2CC(=O)C2(C)CC)cc1. The van der Waals surface area contributed by atoms with Crippen LogP contribution in [0.5, 0.6) is 5.75 Å². The highest BCUT2D eigenvalue weighted by atomic mass is 16.5. The van der Waals surface area contributed by atoms with Crippen LogP contribution in [0.1, 0.15) is 58.4 Å². The van der Waals surface area contributed by atoms with E-state index in [0.29, 0.717) is 18.1 Å². The van der Waals surface area contributed by atoms with Gasteiger partial charge < -0.3 is 4.74 Å². The van der Waals surface area contributed by atoms with Gasteiger partial charge in [0, 0.05) is 6.42 Å². The molecule has 1 saturated carbocycles. The smallest absolute Gasteiger partial charge is 0.146 e. The Hall–Kier alpha value is -1.31. The first-order chi connectivity index (χ1) is 9.01. The van der Waals surface area contributed by atoms with E-state index >= 15 is 0 Å². The molecule has 3 atom stereocenters. The third kappa shape index (κ3) is 2.54. The summed E-state index contributed by atoms with van der Waals surface area (Å²) in [5, 5.41) is 0. The van der Waals surface area contributed by atoms with Gasteiger partial charge in [-0.3, -0.25) is 4.79 Å². The molecule has 1 aromatic carbocycles. The Balaban J connectivity index is 2.03. The maximum absolute atomic E-state index is 11.7. The highest BCUT2D eigenvalue weighted by Gasteiger charge is 2.51. The summed E-state index contributed by atoms with van der Waals surface area (Å²) >= 11 is 0. The van der Waals surface area contributed by atoms with Gasteiger partial charge in [0.2, 0.25) is 0 Å². The van der Waals surface area contributed by atoms with Gasteiger partial charge in [0.1, 0.15) is 17.6 Å². The lowest BCUT2D eigenvalue weighted by Gasteiger charge is -2.44. The van der Waals surface area contributed by atoms with E-state index in [1.54, 1.807) is 0 Å². The van der Waals surface area contributed by atoms with Crippen molar-refractivity contribution in [1.82, 2.24) is 0 Å². The lowest BCUT2D eigenvalue weighted by Crippen LogP contribution is -2.54. The molecule has 0 amide bonds. The van der Waals surface area contributed by atoms with Crippen LogP contribution in [0.2, 0.25) is 0 Å². The van der Waals surface area contributed by atoms with E-state index < -0.39 is 0 Å². The lowest BCUT2D eigenvalue weighted by atomic mass is 9.64. The Morgan fingerprint density at radius 2 is 1.95 bits per heavy atom. The molecule has 19 heavy (non-hydrogen) atoms. The van der Waals surface area contributed by atoms with E-state index in [1.165, 1.54) is 5.56 Å². The zero-order valence-electron chi connectivity index (χ0n) is 12.4. The van der Waals surface area contributed by atoms with Crippen molar-refractivity contribution in [2.75, 3.05) is 0 Å². The van der Waals surface area contributed by atoms with Crippen molar-refractivity contribution in [3.8, 4) is 5.75 Å². The van der Waals surface area contributed by atoms with Crippen molar-refractivity contribution in [3.63, 3.8) is 0 Å². The molecule has 0 radical (unpaired) electrons. The number of carbonyl (C=O) groups is 1. The van der Waals surface area contributed by atoms with Crippen LogP contribution >= 0.6 is 0 Å². The zero-order valence-corrected chi connectivity index (χ0v) is 12.4. The number of carbonyl (C=O) groups excluding carboxylic acids is 1. The molecule has 2 nitrogen and oxygen atoms in total. The summed E-state index contributed by atoms with van der Waals surface area (Å²) in [6, 6.07) is 8.32. The summed E-state index contributed by atoms with van der Waals surface area (Å²) in [7, 11) is 0. The monoisotopic (exact) mass is 260 g/mol. The van der Waals surface area contributed by atoms with Gasteiger partial charge in [-0.15, -0.1) is 0 Å². The summed E-state index contributed by atoms with van der Waals surface area (Å²) in [6.45, 7) is 8.49. The first-order valence-corrected chi connectivity index (χ1v) is 7.31. The van der Waals surface area contributed by atoms with Gasteiger partial charge in [0.25, 0.3) is 0 Å². The van der Waals surface area contributed by atoms with Crippen molar-refractivity contribution < 1.29 is 9.53 Å². The molecule has 1 aliphatic rings. The maximum atomic E-state index is 11.7. The van der Waals surface area contributed by atoms with Crippen LogP contribution in [0, 0.1) is 5.41 Å². The average Bonchev–Trinajstić information content (AvgIpc) is 2.45. The molecule has 2 heteroatoms. The van der Waals surface area contributed by atoms with Gasteiger partial charge in [0.15, 0.2) is 0 Å². The fraction of sp³-hybridized carbons (Fsp3) is 0.588. The van der Waals surface area contributed by atoms with Gasteiger partial charge in [-0.25, -0.2) is 0 Å². The summed E-state index contributed by atoms with van der Waals surface area (Å²) in [5.41, 5.74) is 1.06. The Morgan fingerprint density at radius 1 is 1.32 bits per heavy atom. The van der Waals surface area contributed by atoms with E-state index in [9.17, 15) is 4.79 Å². The molecule has 0 N–H and O–H groups in total. The maximum Gasteiger partial charge on any atom is 0.146 e. The number of hydrogen-bond acceptors (Lipinski definition) is 2. The third-order valence-electron chi connectivity index (χ3n) is 4.79. The van der Waals surface area contributed by atoms with Crippen LogP contribution in [0.4, 0.5) is 0 Å². The van der Waals surface area contributed by atoms with Crippen LogP contribution in [-0.4, -0.2) is 11.9 Å². The Bertz CT molecular complexity index is 449. The number of rotatable bonds is 5. The first-order valence-electron chi connectivity index (χ1n) is 7.31. The molecular weight excluding hydrogens is 236 g/mol. The predicted octanol–water partition coefficient (Wildman–Crippen LogP) is 4.34. The van der Waals surface area contributed by atoms with E-state index in [-0.39, 0.29) is 11.5 Å². The number of ether oxygens (including phenoxy) is 1. The minimum absolute atomic E-state index is 0.0412. The Morgan fingerprint density at radius 3 is 2.42 bits per heavy atom. The second-order valence-electron chi connectivity index (χ2n) is 5.88. The zero-order chi connectivity index (χ0) is 14.0. The van der Waals surface area contributed by atoms with Gasteiger partial charge in [-0.05, 0) is 43.4 Å². The van der Waals surface area contributed by atoms with Crippen LogP contribution in [0.15, 0.2) is 24.3 Å². The minimum atomic E-state index is -0.282. The van der Waals surface area contributed by atoms with Crippen molar-refractivity contribution in [1.29, 1.82) is 0 Å². The quantitative estimate of drug-likeness (QED) is 0.787. The largest absolute Gasteiger partial charge is 0.489 e. The Kier molecular flexibility index (Phi) is 3.98. The van der Waals surface area contributed by atoms with E-state index in [0.717, 1.165) is 18.6 Å². The summed E-state index contributed by atoms with van der Waals surface area (Å²) in [5.74, 6) is 1.79. The molecule has 0 aliphatic heterocycles. The fourth-order valence-corrected chi connectivity index (χ4v) is 2.55. The van der Waals surface area contributed by atoms with Crippen molar-refractivity contribution in [2.24, 2.45) is 5.41 Å². The normalized spacial score (nSPS) is 27.8. The van der Waals surface area contributed by atoms with Gasteiger partial charge in [-0.1, -0.05) is 32.9 Å². The van der Waals surface area contributed by atoms with Crippen molar-refractivity contribution >= 4 is 5.78 Å². The molecule has 1 fully saturated rings. The van der Waals surface area contributed by atoms with E-state index in [4.69, 9.17) is 4.74 Å². The number of benzene rings is 1. The van der Waals surface area contributed by atoms with Crippen molar-refractivity contribution in [3.05, 3.63) is 29.8 Å². The standard InChI is InChI=1S/C17H24O2/c1-5-12(3)13-7-9-14(10-8-13)19-16-11-15(18)17(16,4)6-2/h7-10,12,16H,5-6,11H2,1-4H3. The molecule has 0 saturated heterocycles. The topological polar surface area (TPSA) is 26.3 Å². The molecule has 0 aromatic heterocycles. The molecule has 104 valence electrons. The molecule has 2 rings (SSSR count). The molecule has 0 spiro atoms. The third-order valence-corrected chi connectivity index (χ3v) is 4.79. The second-order valence-corrected chi connectivity index (χ2v) is 5.88. The molecule has 1 aliphatic carbocycles. The molecule has 3 unspecified atom stereocenters. The van der Waals surface area contributed by atoms with Gasteiger partial charge in [-0.2, -0.15) is 0 Å². The minimum Gasteiger partial charge on any atom is -0.489 e. The number of hydrogen-bond donors (Lipinski definition) is 0. The first kappa shape index (κ1) is 14.1. The van der Waals surface area contributed by atoms with E-state index in [2.05, 4.69) is 32.9 Å². The predicted molar refractivity (Wildman–Crippen MR) is 77.6 cm³/mol. The van der Waals surface area contributed by atoms with E-state index in [1.807, 2.05) is 19.1 Å². The molecular formula is C17H24O2. The highest BCUT2D eigenvalue weighted by molar-refractivity contribution is 5.92. The lowest BCUT2D eigenvalue weighted by molar-refractivity contribution is -0.150. The second kappa shape index (κ2) is 5.36.